The van der Waals surface area contributed by atoms with Crippen LogP contribution in [0.25, 0.3) is 11.1 Å². The number of amides is 1. The Labute approximate surface area is 171 Å². The number of aliphatic hydroxyl groups excluding tert-OH is 1. The molecule has 1 spiro atoms. The molecule has 0 aromatic heterocycles. The number of hydrogen-bond donors (Lipinski definition) is 1. The van der Waals surface area contributed by atoms with Crippen LogP contribution in [0.15, 0.2) is 48.5 Å². The van der Waals surface area contributed by atoms with E-state index in [9.17, 15) is 9.90 Å². The molecular weight excluding hydrogens is 366 g/mol. The summed E-state index contributed by atoms with van der Waals surface area (Å²) in [5, 5.41) is 9.88. The lowest BCUT2D eigenvalue weighted by Gasteiger charge is -2.44. The SMILES string of the molecule is O=C(OCC1c2ccccc2-c2ccccc21)N1CCC(CO)C12CCOCC2. The van der Waals surface area contributed by atoms with Crippen LogP contribution in [0.1, 0.15) is 36.3 Å². The Morgan fingerprint density at radius 2 is 1.69 bits per heavy atom. The van der Waals surface area contributed by atoms with Gasteiger partial charge in [-0.25, -0.2) is 4.79 Å². The Morgan fingerprint density at radius 3 is 2.31 bits per heavy atom. The standard InChI is InChI=1S/C24H27NO4/c26-15-17-9-12-25(24(17)10-13-28-14-11-24)23(27)29-16-22-20-7-3-1-5-18(20)19-6-2-4-8-21(19)22/h1-8,17,22,26H,9-16H2. The van der Waals surface area contributed by atoms with Gasteiger partial charge in [0.2, 0.25) is 0 Å². The molecule has 0 bridgehead atoms. The van der Waals surface area contributed by atoms with Gasteiger partial charge in [0.25, 0.3) is 0 Å². The summed E-state index contributed by atoms with van der Waals surface area (Å²) in [6.07, 6.45) is 2.09. The van der Waals surface area contributed by atoms with Gasteiger partial charge in [0, 0.05) is 38.2 Å². The molecule has 0 saturated carbocycles. The minimum absolute atomic E-state index is 0.0632. The van der Waals surface area contributed by atoms with Crippen molar-refractivity contribution >= 4 is 6.09 Å². The molecule has 2 aliphatic heterocycles. The molecule has 5 heteroatoms. The van der Waals surface area contributed by atoms with Gasteiger partial charge in [-0.3, -0.25) is 0 Å². The molecule has 1 amide bonds. The molecule has 5 rings (SSSR count). The summed E-state index contributed by atoms with van der Waals surface area (Å²) < 4.78 is 11.4. The molecule has 2 heterocycles. The third kappa shape index (κ3) is 2.95. The van der Waals surface area contributed by atoms with E-state index in [0.29, 0.717) is 26.4 Å². The van der Waals surface area contributed by atoms with Crippen molar-refractivity contribution in [3.05, 3.63) is 59.7 Å². The lowest BCUT2D eigenvalue weighted by Crippen LogP contribution is -2.55. The summed E-state index contributed by atoms with van der Waals surface area (Å²) in [6.45, 7) is 2.34. The average molecular weight is 393 g/mol. The molecule has 1 atom stereocenters. The van der Waals surface area contributed by atoms with Crippen LogP contribution in [0, 0.1) is 5.92 Å². The lowest BCUT2D eigenvalue weighted by molar-refractivity contribution is -0.0354. The van der Waals surface area contributed by atoms with E-state index in [2.05, 4.69) is 36.4 Å². The molecular formula is C24H27NO4. The third-order valence-electron chi connectivity index (χ3n) is 7.13. The Kier molecular flexibility index (Phi) is 4.80. The highest BCUT2D eigenvalue weighted by atomic mass is 16.6. The van der Waals surface area contributed by atoms with E-state index in [4.69, 9.17) is 9.47 Å². The zero-order chi connectivity index (χ0) is 19.8. The summed E-state index contributed by atoms with van der Waals surface area (Å²) in [7, 11) is 0. The van der Waals surface area contributed by atoms with Crippen LogP contribution >= 0.6 is 0 Å². The Bertz CT molecular complexity index is 860. The fourth-order valence-electron chi connectivity index (χ4n) is 5.61. The fraction of sp³-hybridized carbons (Fsp3) is 0.458. The van der Waals surface area contributed by atoms with E-state index < -0.39 is 0 Å². The van der Waals surface area contributed by atoms with Gasteiger partial charge < -0.3 is 19.5 Å². The normalized spacial score (nSPS) is 22.5. The minimum atomic E-state index is -0.324. The van der Waals surface area contributed by atoms with Gasteiger partial charge in [-0.15, -0.1) is 0 Å². The number of carbonyl (C=O) groups is 1. The Morgan fingerprint density at radius 1 is 1.07 bits per heavy atom. The fourth-order valence-corrected chi connectivity index (χ4v) is 5.61. The molecule has 1 N–H and O–H groups in total. The second-order valence-corrected chi connectivity index (χ2v) is 8.34. The predicted octanol–water partition coefficient (Wildman–Crippen LogP) is 3.80. The molecule has 2 aromatic rings. The quantitative estimate of drug-likeness (QED) is 0.862. The molecule has 3 aliphatic rings. The molecule has 2 aromatic carbocycles. The number of benzene rings is 2. The molecule has 29 heavy (non-hydrogen) atoms. The van der Waals surface area contributed by atoms with Gasteiger partial charge in [-0.05, 0) is 41.5 Å². The van der Waals surface area contributed by atoms with Gasteiger partial charge in [0.05, 0.1) is 5.54 Å². The number of hydrogen-bond acceptors (Lipinski definition) is 4. The Hall–Kier alpha value is -2.37. The van der Waals surface area contributed by atoms with Gasteiger partial charge in [-0.1, -0.05) is 48.5 Å². The van der Waals surface area contributed by atoms with E-state index in [1.807, 2.05) is 17.0 Å². The number of nitrogens with zero attached hydrogens (tertiary/aromatic N) is 1. The van der Waals surface area contributed by atoms with Crippen LogP contribution in [-0.4, -0.2) is 54.6 Å². The number of likely N-dealkylation sites (tertiary alicyclic amines) is 1. The van der Waals surface area contributed by atoms with Crippen LogP contribution in [-0.2, 0) is 9.47 Å². The molecule has 2 fully saturated rings. The van der Waals surface area contributed by atoms with E-state index in [1.165, 1.54) is 22.3 Å². The van der Waals surface area contributed by atoms with Crippen LogP contribution in [0.4, 0.5) is 4.79 Å². The van der Waals surface area contributed by atoms with Gasteiger partial charge in [0.15, 0.2) is 0 Å². The van der Waals surface area contributed by atoms with Crippen molar-refractivity contribution < 1.29 is 19.4 Å². The summed E-state index contributed by atoms with van der Waals surface area (Å²) in [5.74, 6) is 0.167. The maximum absolute atomic E-state index is 13.1. The molecule has 152 valence electrons. The second-order valence-electron chi connectivity index (χ2n) is 8.34. The zero-order valence-electron chi connectivity index (χ0n) is 16.5. The smallest absolute Gasteiger partial charge is 0.410 e. The van der Waals surface area contributed by atoms with Crippen molar-refractivity contribution in [2.45, 2.75) is 30.7 Å². The van der Waals surface area contributed by atoms with Crippen LogP contribution in [0.3, 0.4) is 0 Å². The first-order chi connectivity index (χ1) is 14.2. The highest BCUT2D eigenvalue weighted by molar-refractivity contribution is 5.79. The van der Waals surface area contributed by atoms with E-state index in [0.717, 1.165) is 19.3 Å². The number of rotatable bonds is 3. The largest absolute Gasteiger partial charge is 0.448 e. The van der Waals surface area contributed by atoms with Crippen LogP contribution in [0.2, 0.25) is 0 Å². The van der Waals surface area contributed by atoms with E-state index >= 15 is 0 Å². The first-order valence-electron chi connectivity index (χ1n) is 10.6. The van der Waals surface area contributed by atoms with Crippen molar-refractivity contribution in [2.24, 2.45) is 5.92 Å². The summed E-state index contributed by atoms with van der Waals surface area (Å²) in [6, 6.07) is 16.7. The monoisotopic (exact) mass is 393 g/mol. The number of aliphatic hydroxyl groups is 1. The van der Waals surface area contributed by atoms with Crippen molar-refractivity contribution in [2.75, 3.05) is 33.0 Å². The van der Waals surface area contributed by atoms with Crippen molar-refractivity contribution in [1.82, 2.24) is 4.90 Å². The zero-order valence-corrected chi connectivity index (χ0v) is 16.5. The lowest BCUT2D eigenvalue weighted by atomic mass is 9.79. The number of fused-ring (bicyclic) bond motifs is 3. The van der Waals surface area contributed by atoms with Gasteiger partial charge in [0.1, 0.15) is 6.61 Å². The summed E-state index contributed by atoms with van der Waals surface area (Å²) in [5.41, 5.74) is 4.57. The number of ether oxygens (including phenoxy) is 2. The molecule has 1 aliphatic carbocycles. The first-order valence-corrected chi connectivity index (χ1v) is 10.6. The molecule has 1 unspecified atom stereocenters. The average Bonchev–Trinajstić information content (AvgIpc) is 3.28. The van der Waals surface area contributed by atoms with E-state index in [1.54, 1.807) is 0 Å². The topological polar surface area (TPSA) is 59.0 Å². The summed E-state index contributed by atoms with van der Waals surface area (Å²) >= 11 is 0. The third-order valence-corrected chi connectivity index (χ3v) is 7.13. The Balaban J connectivity index is 1.36. The van der Waals surface area contributed by atoms with Crippen LogP contribution < -0.4 is 0 Å². The van der Waals surface area contributed by atoms with Crippen molar-refractivity contribution in [1.29, 1.82) is 0 Å². The van der Waals surface area contributed by atoms with Crippen LogP contribution in [0.5, 0.6) is 0 Å². The van der Waals surface area contributed by atoms with E-state index in [-0.39, 0.29) is 30.1 Å². The maximum atomic E-state index is 13.1. The maximum Gasteiger partial charge on any atom is 0.410 e. The second kappa shape index (κ2) is 7.47. The highest BCUT2D eigenvalue weighted by Crippen LogP contribution is 2.45. The molecule has 2 saturated heterocycles. The van der Waals surface area contributed by atoms with Gasteiger partial charge in [-0.2, -0.15) is 0 Å². The molecule has 0 radical (unpaired) electrons. The van der Waals surface area contributed by atoms with Crippen molar-refractivity contribution in [3.63, 3.8) is 0 Å². The minimum Gasteiger partial charge on any atom is -0.448 e. The number of carbonyl (C=O) groups excluding carboxylic acids is 1. The highest BCUT2D eigenvalue weighted by Gasteiger charge is 2.51. The molecule has 5 nitrogen and oxygen atoms in total. The van der Waals surface area contributed by atoms with Crippen molar-refractivity contribution in [3.8, 4) is 11.1 Å². The first kappa shape index (κ1) is 18.6. The predicted molar refractivity (Wildman–Crippen MR) is 110 cm³/mol. The summed E-state index contributed by atoms with van der Waals surface area (Å²) in [4.78, 5) is 15.0. The van der Waals surface area contributed by atoms with Gasteiger partial charge >= 0.3 is 6.09 Å².